The highest BCUT2D eigenvalue weighted by atomic mass is 16.1. The van der Waals surface area contributed by atoms with Crippen molar-refractivity contribution in [1.29, 1.82) is 5.26 Å². The third-order valence-electron chi connectivity index (χ3n) is 5.68. The number of fused-ring (bicyclic) bond motifs is 1. The van der Waals surface area contributed by atoms with Crippen LogP contribution < -0.4 is 5.56 Å². The van der Waals surface area contributed by atoms with E-state index in [2.05, 4.69) is 34.5 Å². The number of nitrogens with zero attached hydrogens (tertiary/aromatic N) is 5. The summed E-state index contributed by atoms with van der Waals surface area (Å²) in [6.45, 7) is 0.625. The first-order chi connectivity index (χ1) is 15.8. The Labute approximate surface area is 187 Å². The molecule has 0 aliphatic heterocycles. The van der Waals surface area contributed by atoms with Gasteiger partial charge in [-0.2, -0.15) is 15.5 Å². The molecular weight excluding hydrogens is 398 g/mol. The number of nitriles is 1. The molecule has 162 valence electrons. The van der Waals surface area contributed by atoms with Crippen molar-refractivity contribution in [2.75, 3.05) is 0 Å². The van der Waals surface area contributed by atoms with Crippen LogP contribution in [0.2, 0.25) is 0 Å². The molecule has 32 heavy (non-hydrogen) atoms. The minimum Gasteiger partial charge on any atom is -0.268 e. The van der Waals surface area contributed by atoms with Crippen molar-refractivity contribution in [2.24, 2.45) is 0 Å². The van der Waals surface area contributed by atoms with E-state index in [0.717, 1.165) is 66.4 Å². The van der Waals surface area contributed by atoms with Gasteiger partial charge in [-0.3, -0.25) is 4.79 Å². The van der Waals surface area contributed by atoms with Crippen molar-refractivity contribution in [3.8, 4) is 28.5 Å². The second-order valence-electron chi connectivity index (χ2n) is 7.97. The van der Waals surface area contributed by atoms with Gasteiger partial charge in [0.1, 0.15) is 0 Å². The van der Waals surface area contributed by atoms with Gasteiger partial charge in [0, 0.05) is 42.6 Å². The highest BCUT2D eigenvalue weighted by Crippen LogP contribution is 2.28. The summed E-state index contributed by atoms with van der Waals surface area (Å²) in [6, 6.07) is 19.9. The van der Waals surface area contributed by atoms with Gasteiger partial charge in [-0.05, 0) is 42.7 Å². The van der Waals surface area contributed by atoms with Crippen LogP contribution in [0.15, 0.2) is 71.8 Å². The molecular formula is C26H27N5O. The molecule has 0 bridgehead atoms. The fraction of sp³-hybridized carbons (Fsp3) is 0.308. The summed E-state index contributed by atoms with van der Waals surface area (Å²) in [5.41, 5.74) is 4.95. The molecule has 0 saturated carbocycles. The van der Waals surface area contributed by atoms with Gasteiger partial charge in [-0.1, -0.05) is 49.9 Å². The first-order valence-electron chi connectivity index (χ1n) is 11.2. The number of pyridine rings is 1. The van der Waals surface area contributed by atoms with Gasteiger partial charge in [0.2, 0.25) is 0 Å². The topological polar surface area (TPSA) is 76.0 Å². The summed E-state index contributed by atoms with van der Waals surface area (Å²) >= 11 is 0. The molecule has 0 radical (unpaired) electrons. The number of rotatable bonds is 10. The maximum absolute atomic E-state index is 12.3. The van der Waals surface area contributed by atoms with Gasteiger partial charge in [-0.15, -0.1) is 0 Å². The van der Waals surface area contributed by atoms with Crippen LogP contribution in [0.4, 0.5) is 0 Å². The SMILES string of the molecule is N#CCCCCCCCCn1nc(-c2cccc(-c3cccn4nccc34)c2)ccc1=O. The number of hydrogen-bond acceptors (Lipinski definition) is 4. The van der Waals surface area contributed by atoms with Crippen molar-refractivity contribution in [1.82, 2.24) is 19.4 Å². The Balaban J connectivity index is 1.46. The van der Waals surface area contributed by atoms with Gasteiger partial charge in [-0.25, -0.2) is 9.20 Å². The normalized spacial score (nSPS) is 11.0. The summed E-state index contributed by atoms with van der Waals surface area (Å²) in [5.74, 6) is 0. The molecule has 1 aromatic carbocycles. The van der Waals surface area contributed by atoms with Gasteiger partial charge >= 0.3 is 0 Å². The van der Waals surface area contributed by atoms with Crippen LogP contribution in [0, 0.1) is 11.3 Å². The van der Waals surface area contributed by atoms with E-state index < -0.39 is 0 Å². The fourth-order valence-corrected chi connectivity index (χ4v) is 3.98. The van der Waals surface area contributed by atoms with Gasteiger partial charge in [0.25, 0.3) is 5.56 Å². The van der Waals surface area contributed by atoms with Crippen molar-refractivity contribution in [2.45, 2.75) is 51.5 Å². The minimum atomic E-state index is -0.0667. The molecule has 0 amide bonds. The summed E-state index contributed by atoms with van der Waals surface area (Å²) in [6.07, 6.45) is 10.7. The minimum absolute atomic E-state index is 0.0667. The van der Waals surface area contributed by atoms with Crippen LogP contribution in [0.5, 0.6) is 0 Å². The average molecular weight is 426 g/mol. The smallest absolute Gasteiger partial charge is 0.266 e. The molecule has 6 heteroatoms. The van der Waals surface area contributed by atoms with Crippen molar-refractivity contribution >= 4 is 5.52 Å². The molecule has 3 heterocycles. The predicted octanol–water partition coefficient (Wildman–Crippen LogP) is 5.48. The zero-order chi connectivity index (χ0) is 22.2. The Bertz CT molecular complexity index is 1280. The van der Waals surface area contributed by atoms with Crippen LogP contribution in [-0.2, 0) is 6.54 Å². The molecule has 0 unspecified atom stereocenters. The van der Waals surface area contributed by atoms with Crippen LogP contribution in [0.25, 0.3) is 27.9 Å². The average Bonchev–Trinajstić information content (AvgIpc) is 3.31. The second kappa shape index (κ2) is 10.5. The molecule has 4 rings (SSSR count). The van der Waals surface area contributed by atoms with Crippen molar-refractivity contribution < 1.29 is 0 Å². The van der Waals surface area contributed by atoms with Crippen LogP contribution >= 0.6 is 0 Å². The van der Waals surface area contributed by atoms with E-state index in [1.54, 1.807) is 23.0 Å². The summed E-state index contributed by atoms with van der Waals surface area (Å²) in [7, 11) is 0. The number of aryl methyl sites for hydroxylation is 1. The number of aromatic nitrogens is 4. The van der Waals surface area contributed by atoms with Gasteiger partial charge in [0.15, 0.2) is 0 Å². The molecule has 0 N–H and O–H groups in total. The number of unbranched alkanes of at least 4 members (excludes halogenated alkanes) is 6. The largest absolute Gasteiger partial charge is 0.268 e. The Morgan fingerprint density at radius 3 is 2.56 bits per heavy atom. The van der Waals surface area contributed by atoms with Gasteiger partial charge in [0.05, 0.1) is 17.3 Å². The summed E-state index contributed by atoms with van der Waals surface area (Å²) in [4.78, 5) is 12.3. The molecule has 0 spiro atoms. The van der Waals surface area contributed by atoms with Crippen LogP contribution in [0.1, 0.15) is 44.9 Å². The van der Waals surface area contributed by atoms with Crippen molar-refractivity contribution in [3.63, 3.8) is 0 Å². The van der Waals surface area contributed by atoms with E-state index in [1.165, 1.54) is 0 Å². The van der Waals surface area contributed by atoms with Crippen LogP contribution in [-0.4, -0.2) is 19.4 Å². The second-order valence-corrected chi connectivity index (χ2v) is 7.97. The van der Waals surface area contributed by atoms with Gasteiger partial charge < -0.3 is 0 Å². The number of benzene rings is 1. The fourth-order valence-electron chi connectivity index (χ4n) is 3.98. The monoisotopic (exact) mass is 425 g/mol. The highest BCUT2D eigenvalue weighted by Gasteiger charge is 2.08. The zero-order valence-corrected chi connectivity index (χ0v) is 18.2. The van der Waals surface area contributed by atoms with Crippen molar-refractivity contribution in [3.05, 3.63) is 77.3 Å². The van der Waals surface area contributed by atoms with E-state index in [4.69, 9.17) is 5.26 Å². The Morgan fingerprint density at radius 1 is 0.875 bits per heavy atom. The third kappa shape index (κ3) is 5.12. The maximum Gasteiger partial charge on any atom is 0.266 e. The van der Waals surface area contributed by atoms with E-state index in [1.807, 2.05) is 35.0 Å². The van der Waals surface area contributed by atoms with E-state index in [-0.39, 0.29) is 5.56 Å². The highest BCUT2D eigenvalue weighted by molar-refractivity contribution is 5.82. The predicted molar refractivity (Wildman–Crippen MR) is 126 cm³/mol. The van der Waals surface area contributed by atoms with E-state index in [9.17, 15) is 4.79 Å². The lowest BCUT2D eigenvalue weighted by Crippen LogP contribution is -2.22. The molecule has 0 atom stereocenters. The lowest BCUT2D eigenvalue weighted by atomic mass is 10.0. The lowest BCUT2D eigenvalue weighted by Gasteiger charge is -2.09. The molecule has 6 nitrogen and oxygen atoms in total. The molecule has 4 aromatic rings. The molecule has 0 aliphatic carbocycles. The molecule has 3 aromatic heterocycles. The summed E-state index contributed by atoms with van der Waals surface area (Å²) in [5, 5.41) is 17.5. The molecule has 0 saturated heterocycles. The maximum atomic E-state index is 12.3. The van der Waals surface area contributed by atoms with E-state index in [0.29, 0.717) is 13.0 Å². The summed E-state index contributed by atoms with van der Waals surface area (Å²) < 4.78 is 3.44. The Kier molecular flexibility index (Phi) is 7.08. The van der Waals surface area contributed by atoms with E-state index >= 15 is 0 Å². The number of hydrogen-bond donors (Lipinski definition) is 0. The lowest BCUT2D eigenvalue weighted by molar-refractivity contribution is 0.509. The standard InChI is InChI=1S/C26H27N5O/c27-16-6-4-2-1-3-5-7-18-31-26(32)14-13-24(29-31)22-11-8-10-21(20-22)23-12-9-19-30-25(23)15-17-28-30/h8-15,17,19-20H,1-7,18H2. The molecule has 0 aliphatic rings. The third-order valence-corrected chi connectivity index (χ3v) is 5.68. The first-order valence-corrected chi connectivity index (χ1v) is 11.2. The Morgan fingerprint density at radius 2 is 1.69 bits per heavy atom. The zero-order valence-electron chi connectivity index (χ0n) is 18.2. The quantitative estimate of drug-likeness (QED) is 0.315. The Hall–Kier alpha value is -3.72. The van der Waals surface area contributed by atoms with Crippen LogP contribution in [0.3, 0.4) is 0 Å². The molecule has 0 fully saturated rings. The first kappa shape index (κ1) is 21.5.